The molecular weight excluding hydrogens is 262 g/mol. The molecule has 5 nitrogen and oxygen atoms in total. The number of carboxylic acid groups (broad SMARTS) is 1. The molecule has 0 aliphatic heterocycles. The zero-order valence-electron chi connectivity index (χ0n) is 10.8. The summed E-state index contributed by atoms with van der Waals surface area (Å²) in [5.41, 5.74) is 8.68. The Hall–Kier alpha value is -1.95. The van der Waals surface area contributed by atoms with Crippen molar-refractivity contribution in [3.8, 4) is 0 Å². The van der Waals surface area contributed by atoms with E-state index in [2.05, 4.69) is 5.10 Å². The number of thioether (sulfide) groups is 1. The number of hydrogen-bond donors (Lipinski definition) is 2. The Morgan fingerprint density at radius 2 is 2.26 bits per heavy atom. The van der Waals surface area contributed by atoms with E-state index in [4.69, 9.17) is 10.8 Å². The van der Waals surface area contributed by atoms with Gasteiger partial charge in [-0.05, 0) is 18.6 Å². The first-order valence-corrected chi connectivity index (χ1v) is 6.71. The molecule has 100 valence electrons. The molecule has 0 radical (unpaired) electrons. The SMILES string of the molecule is Cc1cccc(SCc2c(C(=O)O)cnn2C)c1N. The van der Waals surface area contributed by atoms with Crippen LogP contribution >= 0.6 is 11.8 Å². The summed E-state index contributed by atoms with van der Waals surface area (Å²) in [6.45, 7) is 1.95. The number of rotatable bonds is 4. The number of aromatic nitrogens is 2. The fourth-order valence-corrected chi connectivity index (χ4v) is 2.86. The number of nitrogens with two attached hydrogens (primary N) is 1. The van der Waals surface area contributed by atoms with Crippen molar-refractivity contribution in [2.75, 3.05) is 5.73 Å². The van der Waals surface area contributed by atoms with Crippen molar-refractivity contribution >= 4 is 23.4 Å². The second-order valence-corrected chi connectivity index (χ2v) is 5.23. The van der Waals surface area contributed by atoms with Crippen molar-refractivity contribution in [1.29, 1.82) is 0 Å². The highest BCUT2D eigenvalue weighted by Crippen LogP contribution is 2.30. The van der Waals surface area contributed by atoms with Gasteiger partial charge in [0.2, 0.25) is 0 Å². The summed E-state index contributed by atoms with van der Waals surface area (Å²) in [6.07, 6.45) is 1.37. The molecule has 2 rings (SSSR count). The molecule has 0 fully saturated rings. The topological polar surface area (TPSA) is 81.1 Å². The predicted molar refractivity (Wildman–Crippen MR) is 75.3 cm³/mol. The molecule has 0 amide bonds. The molecule has 0 atom stereocenters. The molecule has 0 bridgehead atoms. The predicted octanol–water partition coefficient (Wildman–Crippen LogP) is 2.30. The smallest absolute Gasteiger partial charge is 0.339 e. The van der Waals surface area contributed by atoms with Gasteiger partial charge in [0.15, 0.2) is 0 Å². The molecule has 1 aromatic carbocycles. The molecule has 0 spiro atoms. The summed E-state index contributed by atoms with van der Waals surface area (Å²) in [7, 11) is 1.74. The summed E-state index contributed by atoms with van der Waals surface area (Å²) in [5, 5.41) is 13.1. The summed E-state index contributed by atoms with van der Waals surface area (Å²) >= 11 is 1.52. The minimum atomic E-state index is -0.957. The number of nitrogens with zero attached hydrogens (tertiary/aromatic N) is 2. The van der Waals surface area contributed by atoms with Crippen molar-refractivity contribution < 1.29 is 9.90 Å². The monoisotopic (exact) mass is 277 g/mol. The number of carbonyl (C=O) groups is 1. The van der Waals surface area contributed by atoms with Crippen molar-refractivity contribution in [3.63, 3.8) is 0 Å². The summed E-state index contributed by atoms with van der Waals surface area (Å²) in [6, 6.07) is 5.82. The van der Waals surface area contributed by atoms with Gasteiger partial charge in [0.05, 0.1) is 11.9 Å². The summed E-state index contributed by atoms with van der Waals surface area (Å²) < 4.78 is 1.59. The van der Waals surface area contributed by atoms with E-state index in [1.807, 2.05) is 25.1 Å². The maximum atomic E-state index is 11.1. The Kier molecular flexibility index (Phi) is 3.80. The van der Waals surface area contributed by atoms with E-state index in [-0.39, 0.29) is 5.56 Å². The van der Waals surface area contributed by atoms with Gasteiger partial charge in [-0.3, -0.25) is 4.68 Å². The number of aromatic carboxylic acids is 1. The van der Waals surface area contributed by atoms with Gasteiger partial charge in [0.1, 0.15) is 5.56 Å². The Bertz CT molecular complexity index is 622. The lowest BCUT2D eigenvalue weighted by Gasteiger charge is -2.08. The van der Waals surface area contributed by atoms with Gasteiger partial charge in [-0.25, -0.2) is 4.79 Å². The molecule has 0 unspecified atom stereocenters. The van der Waals surface area contributed by atoms with E-state index >= 15 is 0 Å². The number of para-hydroxylation sites is 1. The highest BCUT2D eigenvalue weighted by atomic mass is 32.2. The van der Waals surface area contributed by atoms with Crippen LogP contribution in [0.2, 0.25) is 0 Å². The van der Waals surface area contributed by atoms with Crippen LogP contribution in [0.25, 0.3) is 0 Å². The Labute approximate surface area is 115 Å². The van der Waals surface area contributed by atoms with E-state index in [1.165, 1.54) is 18.0 Å². The van der Waals surface area contributed by atoms with E-state index in [0.717, 1.165) is 16.1 Å². The second kappa shape index (κ2) is 5.36. The molecule has 0 aliphatic rings. The summed E-state index contributed by atoms with van der Waals surface area (Å²) in [5.74, 6) is -0.438. The number of carboxylic acids is 1. The van der Waals surface area contributed by atoms with Gasteiger partial charge in [0.25, 0.3) is 0 Å². The lowest BCUT2D eigenvalue weighted by atomic mass is 10.2. The minimum absolute atomic E-state index is 0.237. The number of benzene rings is 1. The molecule has 0 aliphatic carbocycles. The van der Waals surface area contributed by atoms with Gasteiger partial charge in [-0.1, -0.05) is 12.1 Å². The van der Waals surface area contributed by atoms with E-state index < -0.39 is 5.97 Å². The third kappa shape index (κ3) is 2.73. The van der Waals surface area contributed by atoms with Gasteiger partial charge in [-0.2, -0.15) is 5.10 Å². The summed E-state index contributed by atoms with van der Waals surface area (Å²) in [4.78, 5) is 12.0. The molecule has 0 saturated carbocycles. The first-order valence-electron chi connectivity index (χ1n) is 5.72. The molecule has 6 heteroatoms. The van der Waals surface area contributed by atoms with E-state index in [0.29, 0.717) is 11.4 Å². The number of anilines is 1. The fraction of sp³-hybridized carbons (Fsp3) is 0.231. The van der Waals surface area contributed by atoms with Gasteiger partial charge in [0, 0.05) is 23.4 Å². The van der Waals surface area contributed by atoms with Crippen molar-refractivity contribution in [2.24, 2.45) is 7.05 Å². The van der Waals surface area contributed by atoms with Gasteiger partial charge >= 0.3 is 5.97 Å². The highest BCUT2D eigenvalue weighted by Gasteiger charge is 2.15. The van der Waals surface area contributed by atoms with Crippen LogP contribution in [0.5, 0.6) is 0 Å². The lowest BCUT2D eigenvalue weighted by Crippen LogP contribution is -2.03. The highest BCUT2D eigenvalue weighted by molar-refractivity contribution is 7.98. The van der Waals surface area contributed by atoms with Crippen LogP contribution in [-0.2, 0) is 12.8 Å². The average molecular weight is 277 g/mol. The third-order valence-corrected chi connectivity index (χ3v) is 4.03. The van der Waals surface area contributed by atoms with Crippen LogP contribution in [0.15, 0.2) is 29.3 Å². The molecular formula is C13H15N3O2S. The normalized spacial score (nSPS) is 10.6. The van der Waals surface area contributed by atoms with Crippen molar-refractivity contribution in [3.05, 3.63) is 41.2 Å². The second-order valence-electron chi connectivity index (χ2n) is 4.21. The zero-order valence-corrected chi connectivity index (χ0v) is 11.6. The van der Waals surface area contributed by atoms with Gasteiger partial charge < -0.3 is 10.8 Å². The van der Waals surface area contributed by atoms with Crippen LogP contribution < -0.4 is 5.73 Å². The van der Waals surface area contributed by atoms with E-state index in [9.17, 15) is 4.79 Å². The van der Waals surface area contributed by atoms with Crippen LogP contribution in [0.3, 0.4) is 0 Å². The Morgan fingerprint density at radius 1 is 1.53 bits per heavy atom. The fourth-order valence-electron chi connectivity index (χ4n) is 1.74. The van der Waals surface area contributed by atoms with E-state index in [1.54, 1.807) is 11.7 Å². The molecule has 2 aromatic rings. The van der Waals surface area contributed by atoms with Crippen LogP contribution in [0.1, 0.15) is 21.6 Å². The number of nitrogen functional groups attached to an aromatic ring is 1. The minimum Gasteiger partial charge on any atom is -0.478 e. The maximum absolute atomic E-state index is 11.1. The maximum Gasteiger partial charge on any atom is 0.339 e. The van der Waals surface area contributed by atoms with Crippen molar-refractivity contribution in [1.82, 2.24) is 9.78 Å². The first-order chi connectivity index (χ1) is 9.00. The average Bonchev–Trinajstić information content (AvgIpc) is 2.73. The molecule has 0 saturated heterocycles. The molecule has 1 aromatic heterocycles. The lowest BCUT2D eigenvalue weighted by molar-refractivity contribution is 0.0696. The standard InChI is InChI=1S/C13H15N3O2S/c1-8-4-3-5-11(12(8)14)19-7-10-9(13(17)18)6-15-16(10)2/h3-6H,7,14H2,1-2H3,(H,17,18). The quantitative estimate of drug-likeness (QED) is 0.662. The van der Waals surface area contributed by atoms with Crippen molar-refractivity contribution in [2.45, 2.75) is 17.6 Å². The number of hydrogen-bond acceptors (Lipinski definition) is 4. The molecule has 3 N–H and O–H groups in total. The number of aryl methyl sites for hydroxylation is 2. The largest absolute Gasteiger partial charge is 0.478 e. The van der Waals surface area contributed by atoms with Crippen LogP contribution in [-0.4, -0.2) is 20.9 Å². The third-order valence-electron chi connectivity index (χ3n) is 2.94. The van der Waals surface area contributed by atoms with Crippen LogP contribution in [0, 0.1) is 6.92 Å². The molecule has 1 heterocycles. The zero-order chi connectivity index (χ0) is 14.0. The molecule has 19 heavy (non-hydrogen) atoms. The van der Waals surface area contributed by atoms with Crippen LogP contribution in [0.4, 0.5) is 5.69 Å². The van der Waals surface area contributed by atoms with Gasteiger partial charge in [-0.15, -0.1) is 11.8 Å². The Morgan fingerprint density at radius 3 is 2.95 bits per heavy atom. The first kappa shape index (κ1) is 13.5. The Balaban J connectivity index is 2.21.